The lowest BCUT2D eigenvalue weighted by molar-refractivity contribution is 0.397. The average Bonchev–Trinajstić information content (AvgIpc) is 2.96. The Morgan fingerprint density at radius 3 is 2.48 bits per heavy atom. The first kappa shape index (κ1) is 13.8. The van der Waals surface area contributed by atoms with Crippen LogP contribution in [0.2, 0.25) is 0 Å². The number of hydrogen-bond donors (Lipinski definition) is 1. The highest BCUT2D eigenvalue weighted by Crippen LogP contribution is 2.26. The predicted molar refractivity (Wildman–Crippen MR) is 87.1 cm³/mol. The van der Waals surface area contributed by atoms with E-state index < -0.39 is 0 Å². The third-order valence-electron chi connectivity index (χ3n) is 3.17. The van der Waals surface area contributed by atoms with Crippen LogP contribution in [0.25, 0.3) is 11.3 Å². The number of thioether (sulfide) groups is 1. The van der Waals surface area contributed by atoms with Gasteiger partial charge in [0.15, 0.2) is 0 Å². The highest BCUT2D eigenvalue weighted by Gasteiger charge is 2.07. The van der Waals surface area contributed by atoms with Crippen molar-refractivity contribution in [1.29, 1.82) is 0 Å². The number of rotatable bonds is 4. The zero-order valence-electron chi connectivity index (χ0n) is 11.7. The van der Waals surface area contributed by atoms with Crippen molar-refractivity contribution in [3.05, 3.63) is 65.9 Å². The van der Waals surface area contributed by atoms with Crippen molar-refractivity contribution < 1.29 is 4.52 Å². The molecule has 1 heterocycles. The van der Waals surface area contributed by atoms with E-state index in [1.807, 2.05) is 30.3 Å². The quantitative estimate of drug-likeness (QED) is 0.568. The molecule has 1 aromatic heterocycles. The largest absolute Gasteiger partial charge is 0.399 e. The second-order valence-corrected chi connectivity index (χ2v) is 5.95. The van der Waals surface area contributed by atoms with Gasteiger partial charge in [0.25, 0.3) is 0 Å². The minimum absolute atomic E-state index is 0.753. The fraction of sp³-hybridized carbons (Fsp3) is 0.118. The van der Waals surface area contributed by atoms with Gasteiger partial charge in [-0.2, -0.15) is 0 Å². The van der Waals surface area contributed by atoms with E-state index in [0.29, 0.717) is 0 Å². The molecule has 4 heteroatoms. The number of nitrogen functional groups attached to an aromatic ring is 1. The van der Waals surface area contributed by atoms with Crippen LogP contribution in [0.5, 0.6) is 0 Å². The molecule has 3 aromatic rings. The number of hydrogen-bond acceptors (Lipinski definition) is 4. The molecule has 0 amide bonds. The van der Waals surface area contributed by atoms with Gasteiger partial charge in [-0.25, -0.2) is 0 Å². The van der Waals surface area contributed by atoms with Gasteiger partial charge in [-0.3, -0.25) is 0 Å². The maximum absolute atomic E-state index is 5.67. The first-order valence-corrected chi connectivity index (χ1v) is 7.70. The van der Waals surface area contributed by atoms with Crippen LogP contribution in [-0.4, -0.2) is 5.16 Å². The van der Waals surface area contributed by atoms with E-state index in [1.165, 1.54) is 5.56 Å². The molecule has 0 saturated heterocycles. The fourth-order valence-electron chi connectivity index (χ4n) is 1.96. The Labute approximate surface area is 128 Å². The van der Waals surface area contributed by atoms with Crippen molar-refractivity contribution in [1.82, 2.24) is 5.16 Å². The van der Waals surface area contributed by atoms with Crippen molar-refractivity contribution in [3.8, 4) is 11.3 Å². The fourth-order valence-corrected chi connectivity index (χ4v) is 2.73. The summed E-state index contributed by atoms with van der Waals surface area (Å²) in [7, 11) is 0. The summed E-state index contributed by atoms with van der Waals surface area (Å²) in [5.74, 6) is 1.62. The third kappa shape index (κ3) is 3.47. The number of aromatic nitrogens is 1. The maximum Gasteiger partial charge on any atom is 0.147 e. The standard InChI is InChI=1S/C17H16N2OS/c1-12-2-4-13(5-3-12)17-10-15(20-19-17)11-21-16-8-6-14(18)7-9-16/h2-10H,11,18H2,1H3. The number of benzene rings is 2. The van der Waals surface area contributed by atoms with Crippen molar-refractivity contribution in [3.63, 3.8) is 0 Å². The third-order valence-corrected chi connectivity index (χ3v) is 4.20. The second kappa shape index (κ2) is 6.06. The number of aryl methyl sites for hydroxylation is 1. The van der Waals surface area contributed by atoms with E-state index in [9.17, 15) is 0 Å². The zero-order chi connectivity index (χ0) is 14.7. The molecular formula is C17H16N2OS. The van der Waals surface area contributed by atoms with E-state index in [0.717, 1.165) is 33.4 Å². The highest BCUT2D eigenvalue weighted by molar-refractivity contribution is 7.98. The van der Waals surface area contributed by atoms with Crippen LogP contribution in [0.4, 0.5) is 5.69 Å². The Bertz CT molecular complexity index is 717. The van der Waals surface area contributed by atoms with Gasteiger partial charge in [-0.15, -0.1) is 11.8 Å². The monoisotopic (exact) mass is 296 g/mol. The van der Waals surface area contributed by atoms with Gasteiger partial charge < -0.3 is 10.3 Å². The minimum atomic E-state index is 0.753. The molecule has 0 atom stereocenters. The van der Waals surface area contributed by atoms with E-state index >= 15 is 0 Å². The Morgan fingerprint density at radius 2 is 1.76 bits per heavy atom. The predicted octanol–water partition coefficient (Wildman–Crippen LogP) is 4.52. The SMILES string of the molecule is Cc1ccc(-c2cc(CSc3ccc(N)cc3)on2)cc1. The number of nitrogens with zero attached hydrogens (tertiary/aromatic N) is 1. The summed E-state index contributed by atoms with van der Waals surface area (Å²) >= 11 is 1.70. The van der Waals surface area contributed by atoms with Crippen LogP contribution in [0.1, 0.15) is 11.3 Å². The van der Waals surface area contributed by atoms with E-state index in [1.54, 1.807) is 11.8 Å². The van der Waals surface area contributed by atoms with Crippen molar-refractivity contribution in [2.75, 3.05) is 5.73 Å². The molecule has 106 valence electrons. The topological polar surface area (TPSA) is 52.0 Å². The second-order valence-electron chi connectivity index (χ2n) is 4.90. The molecule has 0 aliphatic heterocycles. The lowest BCUT2D eigenvalue weighted by Crippen LogP contribution is -1.83. The molecule has 0 fully saturated rings. The van der Waals surface area contributed by atoms with Crippen molar-refractivity contribution in [2.24, 2.45) is 0 Å². The highest BCUT2D eigenvalue weighted by atomic mass is 32.2. The summed E-state index contributed by atoms with van der Waals surface area (Å²) in [6.07, 6.45) is 0. The van der Waals surface area contributed by atoms with Gasteiger partial charge in [0, 0.05) is 22.2 Å². The van der Waals surface area contributed by atoms with E-state index in [-0.39, 0.29) is 0 Å². The molecule has 3 rings (SSSR count). The van der Waals surface area contributed by atoms with Crippen LogP contribution in [-0.2, 0) is 5.75 Å². The molecular weight excluding hydrogens is 280 g/mol. The zero-order valence-corrected chi connectivity index (χ0v) is 12.6. The van der Waals surface area contributed by atoms with Gasteiger partial charge in [0.05, 0.1) is 5.75 Å². The van der Waals surface area contributed by atoms with Crippen molar-refractivity contribution in [2.45, 2.75) is 17.6 Å². The first-order valence-electron chi connectivity index (χ1n) is 6.72. The molecule has 0 aliphatic carbocycles. The van der Waals surface area contributed by atoms with Crippen molar-refractivity contribution >= 4 is 17.4 Å². The van der Waals surface area contributed by atoms with Gasteiger partial charge in [0.1, 0.15) is 11.5 Å². The van der Waals surface area contributed by atoms with Crippen LogP contribution < -0.4 is 5.73 Å². The molecule has 0 aliphatic rings. The lowest BCUT2D eigenvalue weighted by atomic mass is 10.1. The maximum atomic E-state index is 5.67. The average molecular weight is 296 g/mol. The van der Waals surface area contributed by atoms with Gasteiger partial charge in [-0.05, 0) is 31.2 Å². The summed E-state index contributed by atoms with van der Waals surface area (Å²) in [6.45, 7) is 2.07. The molecule has 0 bridgehead atoms. The Balaban J connectivity index is 1.67. The first-order chi connectivity index (χ1) is 10.2. The summed E-state index contributed by atoms with van der Waals surface area (Å²) in [6, 6.07) is 18.1. The molecule has 0 radical (unpaired) electrons. The van der Waals surface area contributed by atoms with E-state index in [2.05, 4.69) is 36.3 Å². The minimum Gasteiger partial charge on any atom is -0.399 e. The molecule has 3 nitrogen and oxygen atoms in total. The number of nitrogens with two attached hydrogens (primary N) is 1. The summed E-state index contributed by atoms with van der Waals surface area (Å²) < 4.78 is 5.40. The molecule has 0 spiro atoms. The van der Waals surface area contributed by atoms with Crippen LogP contribution in [0.15, 0.2) is 64.0 Å². The van der Waals surface area contributed by atoms with Crippen LogP contribution >= 0.6 is 11.8 Å². The van der Waals surface area contributed by atoms with Crippen LogP contribution in [0.3, 0.4) is 0 Å². The summed E-state index contributed by atoms with van der Waals surface area (Å²) in [5.41, 5.74) is 9.64. The molecule has 21 heavy (non-hydrogen) atoms. The Morgan fingerprint density at radius 1 is 1.05 bits per heavy atom. The van der Waals surface area contributed by atoms with E-state index in [4.69, 9.17) is 10.3 Å². The number of anilines is 1. The Hall–Kier alpha value is -2.20. The van der Waals surface area contributed by atoms with Gasteiger partial charge in [0.2, 0.25) is 0 Å². The van der Waals surface area contributed by atoms with Crippen LogP contribution in [0, 0.1) is 6.92 Å². The van der Waals surface area contributed by atoms with Gasteiger partial charge >= 0.3 is 0 Å². The normalized spacial score (nSPS) is 10.7. The smallest absolute Gasteiger partial charge is 0.147 e. The molecule has 2 aromatic carbocycles. The van der Waals surface area contributed by atoms with Gasteiger partial charge in [-0.1, -0.05) is 35.0 Å². The lowest BCUT2D eigenvalue weighted by Gasteiger charge is -1.99. The molecule has 2 N–H and O–H groups in total. The molecule has 0 saturated carbocycles. The summed E-state index contributed by atoms with van der Waals surface area (Å²) in [4.78, 5) is 1.16. The summed E-state index contributed by atoms with van der Waals surface area (Å²) in [5, 5.41) is 4.13. The molecule has 0 unspecified atom stereocenters. The Kier molecular flexibility index (Phi) is 3.97.